The van der Waals surface area contributed by atoms with Crippen LogP contribution in [0.4, 0.5) is 0 Å². The number of carbonyl (C=O) groups is 1. The number of hydrogen-bond donors (Lipinski definition) is 1. The maximum absolute atomic E-state index is 12.1. The van der Waals surface area contributed by atoms with Crippen molar-refractivity contribution in [1.29, 1.82) is 0 Å². The molecule has 1 N–H and O–H groups in total. The van der Waals surface area contributed by atoms with E-state index in [2.05, 4.69) is 27.6 Å². The number of thiophene rings is 1. The SMILES string of the molecule is O=C(NCC1CC(c2cccc(-c3ccncc3)c2)=NO1)c1ccc(Cl)s1. The van der Waals surface area contributed by atoms with Gasteiger partial charge in [-0.2, -0.15) is 0 Å². The number of halogens is 1. The highest BCUT2D eigenvalue weighted by molar-refractivity contribution is 7.17. The first-order chi connectivity index (χ1) is 13.2. The number of nitrogens with one attached hydrogen (secondary N) is 1. The van der Waals surface area contributed by atoms with Gasteiger partial charge in [0.05, 0.1) is 21.5 Å². The zero-order valence-electron chi connectivity index (χ0n) is 14.3. The lowest BCUT2D eigenvalue weighted by molar-refractivity contribution is 0.0755. The maximum Gasteiger partial charge on any atom is 0.261 e. The van der Waals surface area contributed by atoms with Gasteiger partial charge in [0, 0.05) is 24.4 Å². The van der Waals surface area contributed by atoms with Crippen LogP contribution >= 0.6 is 22.9 Å². The molecule has 136 valence electrons. The number of benzene rings is 1. The fourth-order valence-corrected chi connectivity index (χ4v) is 3.82. The summed E-state index contributed by atoms with van der Waals surface area (Å²) < 4.78 is 0.594. The van der Waals surface area contributed by atoms with Crippen molar-refractivity contribution in [1.82, 2.24) is 10.3 Å². The Labute approximate surface area is 165 Å². The average molecular weight is 398 g/mol. The summed E-state index contributed by atoms with van der Waals surface area (Å²) in [5.41, 5.74) is 4.10. The van der Waals surface area contributed by atoms with Crippen molar-refractivity contribution in [2.75, 3.05) is 6.54 Å². The molecule has 1 atom stereocenters. The van der Waals surface area contributed by atoms with E-state index in [1.165, 1.54) is 11.3 Å². The zero-order valence-corrected chi connectivity index (χ0v) is 15.8. The van der Waals surface area contributed by atoms with Crippen molar-refractivity contribution in [2.45, 2.75) is 12.5 Å². The van der Waals surface area contributed by atoms with Crippen LogP contribution in [0.2, 0.25) is 4.34 Å². The normalized spacial score (nSPS) is 15.9. The number of pyridine rings is 1. The number of amides is 1. The van der Waals surface area contributed by atoms with Crippen molar-refractivity contribution < 1.29 is 9.63 Å². The Kier molecular flexibility index (Phi) is 5.18. The molecule has 1 aliphatic heterocycles. The lowest BCUT2D eigenvalue weighted by Crippen LogP contribution is -2.31. The van der Waals surface area contributed by atoms with Gasteiger partial charge in [0.25, 0.3) is 5.91 Å². The van der Waals surface area contributed by atoms with E-state index >= 15 is 0 Å². The van der Waals surface area contributed by atoms with Crippen LogP contribution in [0.1, 0.15) is 21.7 Å². The summed E-state index contributed by atoms with van der Waals surface area (Å²) in [5, 5.41) is 7.08. The molecule has 1 unspecified atom stereocenters. The lowest BCUT2D eigenvalue weighted by Gasteiger charge is -2.09. The third kappa shape index (κ3) is 4.18. The van der Waals surface area contributed by atoms with Crippen LogP contribution in [0.3, 0.4) is 0 Å². The summed E-state index contributed by atoms with van der Waals surface area (Å²) in [4.78, 5) is 22.2. The highest BCUT2D eigenvalue weighted by atomic mass is 35.5. The number of oxime groups is 1. The fourth-order valence-electron chi connectivity index (χ4n) is 2.86. The monoisotopic (exact) mass is 397 g/mol. The van der Waals surface area contributed by atoms with Gasteiger partial charge in [-0.3, -0.25) is 9.78 Å². The largest absolute Gasteiger partial charge is 0.390 e. The molecule has 3 heterocycles. The second-order valence-corrected chi connectivity index (χ2v) is 7.82. The first-order valence-electron chi connectivity index (χ1n) is 8.46. The van der Waals surface area contributed by atoms with Gasteiger partial charge in [0.2, 0.25) is 0 Å². The van der Waals surface area contributed by atoms with Gasteiger partial charge in [0.1, 0.15) is 6.10 Å². The predicted molar refractivity (Wildman–Crippen MR) is 107 cm³/mol. The van der Waals surface area contributed by atoms with E-state index in [1.807, 2.05) is 24.3 Å². The zero-order chi connectivity index (χ0) is 18.6. The molecule has 7 heteroatoms. The fraction of sp³-hybridized carbons (Fsp3) is 0.150. The molecular formula is C20H16ClN3O2S. The van der Waals surface area contributed by atoms with Crippen molar-refractivity contribution in [3.63, 3.8) is 0 Å². The van der Waals surface area contributed by atoms with E-state index in [4.69, 9.17) is 16.4 Å². The van der Waals surface area contributed by atoms with Gasteiger partial charge in [-0.1, -0.05) is 35.0 Å². The number of rotatable bonds is 5. The predicted octanol–water partition coefficient (Wildman–Crippen LogP) is 4.39. The molecule has 1 aliphatic rings. The highest BCUT2D eigenvalue weighted by Crippen LogP contribution is 2.24. The van der Waals surface area contributed by atoms with Crippen LogP contribution in [0.15, 0.2) is 66.1 Å². The standard InChI is InChI=1S/C20H16ClN3O2S/c21-19-5-4-18(27-19)20(25)23-12-16-11-17(24-26-16)15-3-1-2-14(10-15)13-6-8-22-9-7-13/h1-10,16H,11-12H2,(H,23,25). The lowest BCUT2D eigenvalue weighted by atomic mass is 9.99. The van der Waals surface area contributed by atoms with Crippen LogP contribution in [0, 0.1) is 0 Å². The first-order valence-corrected chi connectivity index (χ1v) is 9.65. The van der Waals surface area contributed by atoms with Gasteiger partial charge >= 0.3 is 0 Å². The van der Waals surface area contributed by atoms with Crippen molar-refractivity contribution in [3.05, 3.63) is 75.7 Å². The third-order valence-electron chi connectivity index (χ3n) is 4.23. The van der Waals surface area contributed by atoms with Gasteiger partial charge < -0.3 is 10.2 Å². The molecule has 27 heavy (non-hydrogen) atoms. The topological polar surface area (TPSA) is 63.6 Å². The average Bonchev–Trinajstić information content (AvgIpc) is 3.36. The minimum absolute atomic E-state index is 0.149. The van der Waals surface area contributed by atoms with Crippen molar-refractivity contribution in [3.8, 4) is 11.1 Å². The maximum atomic E-state index is 12.1. The summed E-state index contributed by atoms with van der Waals surface area (Å²) in [5.74, 6) is -0.149. The van der Waals surface area contributed by atoms with Gasteiger partial charge in [0.15, 0.2) is 0 Å². The Morgan fingerprint density at radius 1 is 1.15 bits per heavy atom. The van der Waals surface area contributed by atoms with E-state index in [0.717, 1.165) is 22.4 Å². The van der Waals surface area contributed by atoms with Gasteiger partial charge in [-0.25, -0.2) is 0 Å². The van der Waals surface area contributed by atoms with E-state index in [0.29, 0.717) is 22.2 Å². The Bertz CT molecular complexity index is 988. The molecule has 1 amide bonds. The van der Waals surface area contributed by atoms with Crippen molar-refractivity contribution >= 4 is 34.6 Å². The summed E-state index contributed by atoms with van der Waals surface area (Å²) in [6.45, 7) is 0.394. The molecule has 1 aromatic carbocycles. The van der Waals surface area contributed by atoms with Crippen LogP contribution in [-0.2, 0) is 4.84 Å². The van der Waals surface area contributed by atoms with E-state index in [1.54, 1.807) is 24.5 Å². The molecule has 0 saturated heterocycles. The number of carbonyl (C=O) groups excluding carboxylic acids is 1. The second-order valence-electron chi connectivity index (χ2n) is 6.10. The smallest absolute Gasteiger partial charge is 0.261 e. The second kappa shape index (κ2) is 7.90. The third-order valence-corrected chi connectivity index (χ3v) is 5.46. The van der Waals surface area contributed by atoms with E-state index < -0.39 is 0 Å². The Morgan fingerprint density at radius 2 is 1.96 bits per heavy atom. The summed E-state index contributed by atoms with van der Waals surface area (Å²) in [6.07, 6.45) is 4.02. The Morgan fingerprint density at radius 3 is 2.74 bits per heavy atom. The minimum Gasteiger partial charge on any atom is -0.390 e. The van der Waals surface area contributed by atoms with Crippen LogP contribution in [0.5, 0.6) is 0 Å². The molecule has 3 aromatic rings. The molecule has 4 rings (SSSR count). The van der Waals surface area contributed by atoms with Crippen LogP contribution in [0.25, 0.3) is 11.1 Å². The summed E-state index contributed by atoms with van der Waals surface area (Å²) in [6, 6.07) is 15.5. The molecule has 0 fully saturated rings. The quantitative estimate of drug-likeness (QED) is 0.694. The van der Waals surface area contributed by atoms with E-state index in [9.17, 15) is 4.79 Å². The highest BCUT2D eigenvalue weighted by Gasteiger charge is 2.23. The van der Waals surface area contributed by atoms with Crippen molar-refractivity contribution in [2.24, 2.45) is 5.16 Å². The number of aromatic nitrogens is 1. The minimum atomic E-state index is -0.177. The molecule has 5 nitrogen and oxygen atoms in total. The summed E-state index contributed by atoms with van der Waals surface area (Å²) >= 11 is 7.12. The molecule has 0 saturated carbocycles. The van der Waals surface area contributed by atoms with Crippen LogP contribution in [-0.4, -0.2) is 29.3 Å². The molecule has 0 aliphatic carbocycles. The molecule has 0 radical (unpaired) electrons. The Balaban J connectivity index is 1.37. The summed E-state index contributed by atoms with van der Waals surface area (Å²) in [7, 11) is 0. The molecule has 0 spiro atoms. The molecule has 2 aromatic heterocycles. The Hall–Kier alpha value is -2.70. The molecule has 0 bridgehead atoms. The number of hydrogen-bond acceptors (Lipinski definition) is 5. The molecular weight excluding hydrogens is 382 g/mol. The first kappa shape index (κ1) is 17.7. The van der Waals surface area contributed by atoms with Gasteiger partial charge in [-0.15, -0.1) is 11.3 Å². The van der Waals surface area contributed by atoms with Crippen LogP contribution < -0.4 is 5.32 Å². The number of nitrogens with zero attached hydrogens (tertiary/aromatic N) is 2. The van der Waals surface area contributed by atoms with Gasteiger partial charge in [-0.05, 0) is 41.5 Å². The van der Waals surface area contributed by atoms with E-state index in [-0.39, 0.29) is 12.0 Å².